The smallest absolute Gasteiger partial charge is 0.292 e. The van der Waals surface area contributed by atoms with Gasteiger partial charge in [-0.15, -0.1) is 26.3 Å². The van der Waals surface area contributed by atoms with Gasteiger partial charge in [0, 0.05) is 34.1 Å². The van der Waals surface area contributed by atoms with Crippen molar-refractivity contribution in [3.05, 3.63) is 45.6 Å². The van der Waals surface area contributed by atoms with E-state index >= 15 is 0 Å². The highest BCUT2D eigenvalue weighted by Crippen LogP contribution is 2.44. The summed E-state index contributed by atoms with van der Waals surface area (Å²) in [5.74, 6) is 0. The minimum absolute atomic E-state index is 0.0636. The Balaban J connectivity index is 1.63. The van der Waals surface area contributed by atoms with Crippen molar-refractivity contribution in [1.82, 2.24) is 19.2 Å². The Labute approximate surface area is 227 Å². The number of rotatable bonds is 8. The molecule has 2 aromatic heterocycles. The second-order valence-corrected chi connectivity index (χ2v) is 15.5. The maximum Gasteiger partial charge on any atom is 0.299 e. The first-order valence-electron chi connectivity index (χ1n) is 11.6. The molecule has 0 atom stereocenters. The van der Waals surface area contributed by atoms with Crippen LogP contribution in [0.5, 0.6) is 0 Å². The first kappa shape index (κ1) is 27.2. The van der Waals surface area contributed by atoms with Crippen molar-refractivity contribution < 1.29 is 25.6 Å². The molecule has 1 aliphatic heterocycles. The number of nitrogens with one attached hydrogen (secondary N) is 1. The quantitative estimate of drug-likeness (QED) is 0.370. The Bertz CT molecular complexity index is 1700. The van der Waals surface area contributed by atoms with Crippen LogP contribution < -0.4 is 4.72 Å². The van der Waals surface area contributed by atoms with Gasteiger partial charge >= 0.3 is 0 Å². The van der Waals surface area contributed by atoms with Crippen LogP contribution in [-0.4, -0.2) is 55.3 Å². The molecule has 9 nitrogen and oxygen atoms in total. The molecule has 0 amide bonds. The summed E-state index contributed by atoms with van der Waals surface area (Å²) >= 11 is 2.06. The van der Waals surface area contributed by atoms with E-state index in [0.717, 1.165) is 21.6 Å². The normalized spacial score (nSPS) is 18.2. The van der Waals surface area contributed by atoms with Gasteiger partial charge in [0.25, 0.3) is 12.1 Å². The number of sulfonamides is 2. The third kappa shape index (κ3) is 4.89. The van der Waals surface area contributed by atoms with Gasteiger partial charge in [-0.3, -0.25) is 4.85 Å². The highest BCUT2D eigenvalue weighted by atomic mass is 32.2. The third-order valence-corrected chi connectivity index (χ3v) is 12.3. The molecule has 3 aromatic rings. The van der Waals surface area contributed by atoms with Crippen LogP contribution in [0.3, 0.4) is 0 Å². The van der Waals surface area contributed by atoms with Crippen molar-refractivity contribution in [3.8, 4) is 10.6 Å². The first-order valence-corrected chi connectivity index (χ1v) is 16.3. The fraction of sp³-hybridized carbons (Fsp3) is 0.435. The van der Waals surface area contributed by atoms with E-state index in [4.69, 9.17) is 6.57 Å². The molecule has 1 saturated carbocycles. The highest BCUT2D eigenvalue weighted by Gasteiger charge is 2.54. The van der Waals surface area contributed by atoms with Crippen LogP contribution in [0.4, 0.5) is 8.78 Å². The zero-order valence-corrected chi connectivity index (χ0v) is 23.6. The van der Waals surface area contributed by atoms with E-state index in [1.165, 1.54) is 27.8 Å². The Kier molecular flexibility index (Phi) is 6.94. The lowest BCUT2D eigenvalue weighted by molar-refractivity contribution is 0.150. The van der Waals surface area contributed by atoms with Crippen LogP contribution in [0.2, 0.25) is 0 Å². The Morgan fingerprint density at radius 3 is 2.45 bits per heavy atom. The molecule has 0 radical (unpaired) electrons. The van der Waals surface area contributed by atoms with Crippen LogP contribution in [-0.2, 0) is 20.0 Å². The number of aromatic nitrogens is 2. The monoisotopic (exact) mass is 599 g/mol. The van der Waals surface area contributed by atoms with E-state index in [1.54, 1.807) is 25.3 Å². The lowest BCUT2D eigenvalue weighted by Crippen LogP contribution is -2.39. The standard InChI is InChI=1S/C23H23F2N5O4S4/c1-13(2)38(33,34)30-8-4-14(5-9-30)16-10-15(37(31,32)29-23(26-3)6-7-23)11-17-18(12-35-19(16)17)21-27-28-22(36-21)20(24)25/h4,10-13,20,29H,5-9H2,1-2H3. The third-order valence-electron chi connectivity index (χ3n) is 6.55. The number of thiophene rings is 1. The van der Waals surface area contributed by atoms with Crippen LogP contribution in [0, 0.1) is 6.57 Å². The molecule has 15 heteroatoms. The van der Waals surface area contributed by atoms with E-state index in [2.05, 4.69) is 19.8 Å². The van der Waals surface area contributed by atoms with Crippen LogP contribution >= 0.6 is 22.7 Å². The molecule has 38 heavy (non-hydrogen) atoms. The average molecular weight is 600 g/mol. The lowest BCUT2D eigenvalue weighted by atomic mass is 9.98. The lowest BCUT2D eigenvalue weighted by Gasteiger charge is -2.28. The number of hydrogen-bond donors (Lipinski definition) is 1. The molecule has 3 heterocycles. The fourth-order valence-corrected chi connectivity index (χ4v) is 8.72. The predicted molar refractivity (Wildman–Crippen MR) is 143 cm³/mol. The van der Waals surface area contributed by atoms with Gasteiger partial charge in [-0.1, -0.05) is 17.4 Å². The molecule has 0 bridgehead atoms. The molecule has 0 saturated heterocycles. The Hall–Kier alpha value is -2.35. The molecular weight excluding hydrogens is 577 g/mol. The number of benzene rings is 1. The summed E-state index contributed by atoms with van der Waals surface area (Å²) in [5, 5.41) is 8.95. The maximum atomic E-state index is 13.4. The summed E-state index contributed by atoms with van der Waals surface area (Å²) in [6.07, 6.45) is 0.207. The second-order valence-electron chi connectivity index (χ2n) is 9.42. The van der Waals surface area contributed by atoms with Gasteiger partial charge in [0.2, 0.25) is 20.0 Å². The molecule has 202 valence electrons. The van der Waals surface area contributed by atoms with Gasteiger partial charge in [0.1, 0.15) is 5.01 Å². The van der Waals surface area contributed by atoms with Crippen molar-refractivity contribution >= 4 is 58.4 Å². The van der Waals surface area contributed by atoms with Crippen LogP contribution in [0.15, 0.2) is 28.5 Å². The molecule has 1 aromatic carbocycles. The molecule has 1 aliphatic carbocycles. The topological polar surface area (TPSA) is 114 Å². The van der Waals surface area contributed by atoms with Gasteiger partial charge in [-0.2, -0.15) is 4.31 Å². The summed E-state index contributed by atoms with van der Waals surface area (Å²) in [4.78, 5) is 3.37. The minimum Gasteiger partial charge on any atom is -0.292 e. The largest absolute Gasteiger partial charge is 0.299 e. The minimum atomic E-state index is -4.10. The summed E-state index contributed by atoms with van der Waals surface area (Å²) in [6.45, 7) is 11.0. The van der Waals surface area contributed by atoms with Crippen molar-refractivity contribution in [2.75, 3.05) is 13.1 Å². The molecule has 0 unspecified atom stereocenters. The molecule has 1 N–H and O–H groups in total. The number of fused-ring (bicyclic) bond motifs is 1. The summed E-state index contributed by atoms with van der Waals surface area (Å²) in [5.41, 5.74) is 0.742. The van der Waals surface area contributed by atoms with E-state index in [0.29, 0.717) is 35.8 Å². The number of nitrogens with zero attached hydrogens (tertiary/aromatic N) is 4. The predicted octanol–water partition coefficient (Wildman–Crippen LogP) is 4.87. The molecule has 5 rings (SSSR count). The van der Waals surface area contributed by atoms with Gasteiger partial charge in [-0.25, -0.2) is 32.2 Å². The second kappa shape index (κ2) is 9.68. The van der Waals surface area contributed by atoms with E-state index in [9.17, 15) is 25.6 Å². The summed E-state index contributed by atoms with van der Waals surface area (Å²) < 4.78 is 83.0. The SMILES string of the molecule is [C-]#[N+]C1(NS(=O)(=O)c2cc(C3=CCN(S(=O)(=O)C(C)C)CC3)c3scc(-c4nnc(C(F)F)s4)c3c2)CC1. The molecule has 0 spiro atoms. The summed E-state index contributed by atoms with van der Waals surface area (Å²) in [7, 11) is -7.55. The first-order chi connectivity index (χ1) is 17.9. The van der Waals surface area contributed by atoms with Crippen molar-refractivity contribution in [2.24, 2.45) is 0 Å². The van der Waals surface area contributed by atoms with Crippen molar-refractivity contribution in [1.29, 1.82) is 0 Å². The zero-order chi connectivity index (χ0) is 27.5. The Morgan fingerprint density at radius 1 is 1.16 bits per heavy atom. The molecule has 2 aliphatic rings. The van der Waals surface area contributed by atoms with Crippen molar-refractivity contribution in [2.45, 2.75) is 55.3 Å². The fourth-order valence-electron chi connectivity index (χ4n) is 4.19. The molecular formula is C23H23F2N5O4S4. The highest BCUT2D eigenvalue weighted by molar-refractivity contribution is 7.90. The van der Waals surface area contributed by atoms with E-state index < -0.39 is 42.4 Å². The number of halogens is 2. The van der Waals surface area contributed by atoms with Crippen LogP contribution in [0.1, 0.15) is 50.1 Å². The van der Waals surface area contributed by atoms with Gasteiger partial charge in [0.05, 0.1) is 23.0 Å². The average Bonchev–Trinajstić information content (AvgIpc) is 3.27. The maximum absolute atomic E-state index is 13.4. The van der Waals surface area contributed by atoms with Gasteiger partial charge in [-0.05, 0) is 43.5 Å². The van der Waals surface area contributed by atoms with Crippen molar-refractivity contribution in [3.63, 3.8) is 0 Å². The van der Waals surface area contributed by atoms with Gasteiger partial charge in [0.15, 0.2) is 5.01 Å². The molecule has 1 fully saturated rings. The van der Waals surface area contributed by atoms with Crippen LogP contribution in [0.25, 0.3) is 31.1 Å². The number of hydrogen-bond acceptors (Lipinski definition) is 8. The van der Waals surface area contributed by atoms with Gasteiger partial charge < -0.3 is 0 Å². The number of alkyl halides is 2. The zero-order valence-electron chi connectivity index (χ0n) is 20.3. The van der Waals surface area contributed by atoms with E-state index in [1.807, 2.05) is 0 Å². The Morgan fingerprint density at radius 2 is 1.89 bits per heavy atom. The summed E-state index contributed by atoms with van der Waals surface area (Å²) in [6, 6.07) is 3.00. The van der Waals surface area contributed by atoms with E-state index in [-0.39, 0.29) is 23.0 Å².